The van der Waals surface area contributed by atoms with Gasteiger partial charge in [-0.2, -0.15) is 0 Å². The molecule has 0 unspecified atom stereocenters. The second kappa shape index (κ2) is 7.72. The van der Waals surface area contributed by atoms with E-state index in [4.69, 9.17) is 0 Å². The molecule has 1 amide bonds. The summed E-state index contributed by atoms with van der Waals surface area (Å²) in [6.07, 6.45) is 0.708. The maximum atomic E-state index is 12.6. The van der Waals surface area contributed by atoms with Gasteiger partial charge in [-0.3, -0.25) is 4.79 Å². The Bertz CT molecular complexity index is 694. The molecule has 1 aliphatic heterocycles. The number of aromatic nitrogens is 2. The molecule has 2 heterocycles. The van der Waals surface area contributed by atoms with Crippen molar-refractivity contribution in [2.24, 2.45) is 0 Å². The summed E-state index contributed by atoms with van der Waals surface area (Å²) >= 11 is 1.15. The molecule has 0 aliphatic carbocycles. The third-order valence-corrected chi connectivity index (χ3v) is 5.18. The number of carbonyl (C=O) groups is 1. The van der Waals surface area contributed by atoms with E-state index in [1.807, 2.05) is 25.1 Å². The molecule has 2 aromatic rings. The van der Waals surface area contributed by atoms with E-state index >= 15 is 0 Å². The summed E-state index contributed by atoms with van der Waals surface area (Å²) in [5, 5.41) is 7.07. The van der Waals surface area contributed by atoms with Gasteiger partial charge in [-0.1, -0.05) is 30.5 Å². The molecule has 1 fully saturated rings. The highest BCUT2D eigenvalue weighted by Crippen LogP contribution is 2.27. The van der Waals surface area contributed by atoms with Gasteiger partial charge in [-0.15, -0.1) is 5.10 Å². The first-order valence-electron chi connectivity index (χ1n) is 8.41. The Kier molecular flexibility index (Phi) is 5.42. The highest BCUT2D eigenvalue weighted by molar-refractivity contribution is 7.08. The van der Waals surface area contributed by atoms with Gasteiger partial charge in [-0.25, -0.2) is 0 Å². The van der Waals surface area contributed by atoms with E-state index in [9.17, 15) is 4.79 Å². The fourth-order valence-electron chi connectivity index (χ4n) is 2.95. The van der Waals surface area contributed by atoms with E-state index in [0.717, 1.165) is 61.3 Å². The van der Waals surface area contributed by atoms with Crippen molar-refractivity contribution in [3.8, 4) is 0 Å². The predicted molar refractivity (Wildman–Crippen MR) is 98.0 cm³/mol. The maximum absolute atomic E-state index is 12.6. The van der Waals surface area contributed by atoms with Crippen molar-refractivity contribution in [3.63, 3.8) is 0 Å². The Hall–Kier alpha value is -1.99. The molecule has 3 rings (SSSR count). The number of hydrogen-bond donors (Lipinski definition) is 1. The number of rotatable bonds is 5. The van der Waals surface area contributed by atoms with Gasteiger partial charge < -0.3 is 15.1 Å². The highest BCUT2D eigenvalue weighted by Gasteiger charge is 2.20. The number of likely N-dealkylation sites (N-methyl/N-ethyl adjacent to an activating group) is 1. The number of benzene rings is 1. The third-order valence-electron chi connectivity index (χ3n) is 4.41. The summed E-state index contributed by atoms with van der Waals surface area (Å²) < 4.78 is 3.90. The second-order valence-corrected chi connectivity index (χ2v) is 6.55. The zero-order valence-electron chi connectivity index (χ0n) is 14.2. The monoisotopic (exact) mass is 345 g/mol. The SMILES string of the molecule is CCc1nnsc1C(=O)Nc1ccccc1N1CCN(CC)CC1. The lowest BCUT2D eigenvalue weighted by Crippen LogP contribution is -2.46. The molecule has 128 valence electrons. The first-order valence-corrected chi connectivity index (χ1v) is 9.19. The van der Waals surface area contributed by atoms with E-state index in [0.29, 0.717) is 11.3 Å². The van der Waals surface area contributed by atoms with Crippen LogP contribution in [0.25, 0.3) is 0 Å². The number of carbonyl (C=O) groups excluding carboxylic acids is 1. The van der Waals surface area contributed by atoms with Crippen molar-refractivity contribution in [3.05, 3.63) is 34.8 Å². The molecule has 1 aromatic heterocycles. The molecule has 7 heteroatoms. The number of nitrogens with one attached hydrogen (secondary N) is 1. The normalized spacial score (nSPS) is 15.5. The zero-order valence-corrected chi connectivity index (χ0v) is 15.0. The molecule has 1 saturated heterocycles. The lowest BCUT2D eigenvalue weighted by atomic mass is 10.2. The van der Waals surface area contributed by atoms with Crippen molar-refractivity contribution in [2.75, 3.05) is 42.9 Å². The number of anilines is 2. The molecule has 0 bridgehead atoms. The summed E-state index contributed by atoms with van der Waals surface area (Å²) in [4.78, 5) is 18.0. The van der Waals surface area contributed by atoms with E-state index in [1.165, 1.54) is 0 Å². The number of hydrogen-bond acceptors (Lipinski definition) is 6. The quantitative estimate of drug-likeness (QED) is 0.902. The van der Waals surface area contributed by atoms with Crippen LogP contribution in [0.2, 0.25) is 0 Å². The minimum Gasteiger partial charge on any atom is -0.367 e. The summed E-state index contributed by atoms with van der Waals surface area (Å²) in [6.45, 7) is 9.32. The Labute approximate surface area is 146 Å². The minimum absolute atomic E-state index is 0.124. The molecule has 0 radical (unpaired) electrons. The van der Waals surface area contributed by atoms with Crippen molar-refractivity contribution in [1.82, 2.24) is 14.5 Å². The maximum Gasteiger partial charge on any atom is 0.269 e. The molecule has 1 N–H and O–H groups in total. The first-order chi connectivity index (χ1) is 11.7. The van der Waals surface area contributed by atoms with Crippen LogP contribution in [-0.2, 0) is 6.42 Å². The fraction of sp³-hybridized carbons (Fsp3) is 0.471. The van der Waals surface area contributed by atoms with Crippen LogP contribution in [0.3, 0.4) is 0 Å². The summed E-state index contributed by atoms with van der Waals surface area (Å²) in [7, 11) is 0. The van der Waals surface area contributed by atoms with Gasteiger partial charge in [0.05, 0.1) is 17.1 Å². The van der Waals surface area contributed by atoms with Crippen LogP contribution in [0, 0.1) is 0 Å². The van der Waals surface area contributed by atoms with E-state index in [1.54, 1.807) is 0 Å². The zero-order chi connectivity index (χ0) is 16.9. The standard InChI is InChI=1S/C17H23N5OS/c1-3-13-16(24-20-19-13)17(23)18-14-7-5-6-8-15(14)22-11-9-21(4-2)10-12-22/h5-8H,3-4,9-12H2,1-2H3,(H,18,23). The van der Waals surface area contributed by atoms with Crippen LogP contribution in [-0.4, -0.2) is 53.1 Å². The molecule has 0 saturated carbocycles. The van der Waals surface area contributed by atoms with Gasteiger partial charge in [0.25, 0.3) is 5.91 Å². The second-order valence-electron chi connectivity index (χ2n) is 5.79. The Morgan fingerprint density at radius 3 is 2.67 bits per heavy atom. The van der Waals surface area contributed by atoms with Crippen LogP contribution in [0.5, 0.6) is 0 Å². The average Bonchev–Trinajstić information content (AvgIpc) is 3.11. The van der Waals surface area contributed by atoms with Gasteiger partial charge in [0.15, 0.2) is 0 Å². The number of nitrogens with zero attached hydrogens (tertiary/aromatic N) is 4. The predicted octanol–water partition coefficient (Wildman–Crippen LogP) is 2.49. The van der Waals surface area contributed by atoms with Crippen molar-refractivity contribution in [2.45, 2.75) is 20.3 Å². The Morgan fingerprint density at radius 1 is 1.21 bits per heavy atom. The summed E-state index contributed by atoms with van der Waals surface area (Å²) in [6, 6.07) is 8.00. The lowest BCUT2D eigenvalue weighted by molar-refractivity contribution is 0.102. The van der Waals surface area contributed by atoms with Crippen molar-refractivity contribution >= 4 is 28.8 Å². The van der Waals surface area contributed by atoms with E-state index in [2.05, 4.69) is 37.7 Å². The van der Waals surface area contributed by atoms with Gasteiger partial charge >= 0.3 is 0 Å². The van der Waals surface area contributed by atoms with Crippen LogP contribution in [0.4, 0.5) is 11.4 Å². The minimum atomic E-state index is -0.124. The number of aryl methyl sites for hydroxylation is 1. The number of amides is 1. The summed E-state index contributed by atoms with van der Waals surface area (Å²) in [5.74, 6) is -0.124. The fourth-order valence-corrected chi connectivity index (χ4v) is 3.60. The van der Waals surface area contributed by atoms with Gasteiger partial charge in [0.2, 0.25) is 0 Å². The van der Waals surface area contributed by atoms with Gasteiger partial charge in [0.1, 0.15) is 4.88 Å². The Balaban J connectivity index is 1.76. The Morgan fingerprint density at radius 2 is 1.96 bits per heavy atom. The third kappa shape index (κ3) is 3.57. The van der Waals surface area contributed by atoms with Crippen LogP contribution >= 0.6 is 11.5 Å². The van der Waals surface area contributed by atoms with Crippen molar-refractivity contribution < 1.29 is 4.79 Å². The molecule has 1 aliphatic rings. The molecule has 6 nitrogen and oxygen atoms in total. The smallest absolute Gasteiger partial charge is 0.269 e. The molecular weight excluding hydrogens is 322 g/mol. The lowest BCUT2D eigenvalue weighted by Gasteiger charge is -2.36. The highest BCUT2D eigenvalue weighted by atomic mass is 32.1. The van der Waals surface area contributed by atoms with Crippen LogP contribution in [0.15, 0.2) is 24.3 Å². The largest absolute Gasteiger partial charge is 0.367 e. The average molecular weight is 345 g/mol. The van der Waals surface area contributed by atoms with E-state index in [-0.39, 0.29) is 5.91 Å². The molecule has 0 atom stereocenters. The van der Waals surface area contributed by atoms with Crippen LogP contribution < -0.4 is 10.2 Å². The molecule has 24 heavy (non-hydrogen) atoms. The first kappa shape index (κ1) is 16.9. The van der Waals surface area contributed by atoms with Crippen LogP contribution in [0.1, 0.15) is 29.2 Å². The van der Waals surface area contributed by atoms with E-state index < -0.39 is 0 Å². The summed E-state index contributed by atoms with van der Waals surface area (Å²) in [5.41, 5.74) is 2.69. The topological polar surface area (TPSA) is 61.4 Å². The van der Waals surface area contributed by atoms with Gasteiger partial charge in [0, 0.05) is 26.2 Å². The van der Waals surface area contributed by atoms with Crippen molar-refractivity contribution in [1.29, 1.82) is 0 Å². The molecular formula is C17H23N5OS. The molecule has 0 spiro atoms. The molecule has 1 aromatic carbocycles. The van der Waals surface area contributed by atoms with Gasteiger partial charge in [-0.05, 0) is 36.6 Å². The number of para-hydroxylation sites is 2. The number of piperazine rings is 1.